The SMILES string of the molecule is CC(=O)Nc1nccc(-c2ccc(N)c(C(=O)c3ccc(Cl)cc3)c2)n1. The molecule has 26 heavy (non-hydrogen) atoms. The van der Waals surface area contributed by atoms with Gasteiger partial charge >= 0.3 is 0 Å². The summed E-state index contributed by atoms with van der Waals surface area (Å²) in [5.41, 5.74) is 8.46. The fourth-order valence-electron chi connectivity index (χ4n) is 2.41. The second-order valence-electron chi connectivity index (χ2n) is 5.58. The molecular weight excluding hydrogens is 352 g/mol. The molecule has 6 nitrogen and oxygen atoms in total. The number of rotatable bonds is 4. The first-order valence-corrected chi connectivity index (χ1v) is 8.12. The lowest BCUT2D eigenvalue weighted by Gasteiger charge is -2.09. The van der Waals surface area contributed by atoms with Gasteiger partial charge in [0.05, 0.1) is 5.69 Å². The lowest BCUT2D eigenvalue weighted by molar-refractivity contribution is -0.114. The molecule has 0 saturated carbocycles. The van der Waals surface area contributed by atoms with Crippen LogP contribution >= 0.6 is 11.6 Å². The summed E-state index contributed by atoms with van der Waals surface area (Å²) < 4.78 is 0. The summed E-state index contributed by atoms with van der Waals surface area (Å²) in [5, 5.41) is 3.08. The number of hydrogen-bond acceptors (Lipinski definition) is 5. The zero-order valence-electron chi connectivity index (χ0n) is 13.9. The maximum absolute atomic E-state index is 12.8. The van der Waals surface area contributed by atoms with Crippen molar-refractivity contribution in [2.24, 2.45) is 0 Å². The predicted octanol–water partition coefficient (Wildman–Crippen LogP) is 3.57. The van der Waals surface area contributed by atoms with E-state index in [0.717, 1.165) is 0 Å². The third kappa shape index (κ3) is 3.87. The molecule has 0 aliphatic heterocycles. The van der Waals surface area contributed by atoms with Crippen molar-refractivity contribution in [1.29, 1.82) is 0 Å². The van der Waals surface area contributed by atoms with Crippen molar-refractivity contribution < 1.29 is 9.59 Å². The first-order valence-electron chi connectivity index (χ1n) is 7.75. The molecule has 3 rings (SSSR count). The van der Waals surface area contributed by atoms with E-state index in [1.165, 1.54) is 13.1 Å². The molecule has 3 N–H and O–H groups in total. The van der Waals surface area contributed by atoms with Crippen LogP contribution in [0, 0.1) is 0 Å². The van der Waals surface area contributed by atoms with Crippen LogP contribution in [0.15, 0.2) is 54.7 Å². The Balaban J connectivity index is 1.99. The lowest BCUT2D eigenvalue weighted by atomic mass is 9.98. The summed E-state index contributed by atoms with van der Waals surface area (Å²) in [6.07, 6.45) is 1.53. The van der Waals surface area contributed by atoms with Crippen molar-refractivity contribution in [1.82, 2.24) is 9.97 Å². The van der Waals surface area contributed by atoms with Gasteiger partial charge in [0.2, 0.25) is 11.9 Å². The number of aromatic nitrogens is 2. The highest BCUT2D eigenvalue weighted by Crippen LogP contribution is 2.25. The van der Waals surface area contributed by atoms with Crippen LogP contribution in [0.25, 0.3) is 11.3 Å². The van der Waals surface area contributed by atoms with E-state index in [9.17, 15) is 9.59 Å². The molecule has 130 valence electrons. The Morgan fingerprint density at radius 3 is 2.50 bits per heavy atom. The van der Waals surface area contributed by atoms with Crippen LogP contribution in [-0.4, -0.2) is 21.7 Å². The average Bonchev–Trinajstić information content (AvgIpc) is 2.62. The predicted molar refractivity (Wildman–Crippen MR) is 101 cm³/mol. The number of nitrogens with two attached hydrogens (primary N) is 1. The fraction of sp³-hybridized carbons (Fsp3) is 0.0526. The first-order chi connectivity index (χ1) is 12.4. The molecule has 0 aliphatic carbocycles. The summed E-state index contributed by atoms with van der Waals surface area (Å²) in [6, 6.07) is 13.4. The van der Waals surface area contributed by atoms with Crippen molar-refractivity contribution in [3.63, 3.8) is 0 Å². The first kappa shape index (κ1) is 17.6. The van der Waals surface area contributed by atoms with Crippen LogP contribution in [0.2, 0.25) is 5.02 Å². The third-order valence-electron chi connectivity index (χ3n) is 3.64. The molecule has 0 saturated heterocycles. The molecule has 3 aromatic rings. The highest BCUT2D eigenvalue weighted by molar-refractivity contribution is 6.30. The minimum Gasteiger partial charge on any atom is -0.398 e. The van der Waals surface area contributed by atoms with Crippen molar-refractivity contribution in [2.45, 2.75) is 6.92 Å². The summed E-state index contributed by atoms with van der Waals surface area (Å²) in [4.78, 5) is 32.2. The summed E-state index contributed by atoms with van der Waals surface area (Å²) in [6.45, 7) is 1.38. The molecule has 0 unspecified atom stereocenters. The van der Waals surface area contributed by atoms with Crippen LogP contribution in [0.3, 0.4) is 0 Å². The van der Waals surface area contributed by atoms with Crippen LogP contribution in [0.5, 0.6) is 0 Å². The van der Waals surface area contributed by atoms with Gasteiger partial charge in [0.1, 0.15) is 0 Å². The van der Waals surface area contributed by atoms with Gasteiger partial charge in [0.25, 0.3) is 0 Å². The Kier molecular flexibility index (Phi) is 4.95. The molecule has 0 radical (unpaired) electrons. The Hall–Kier alpha value is -3.25. The standard InChI is InChI=1S/C19H15ClN4O2/c1-11(25)23-19-22-9-8-17(24-19)13-4-7-16(21)15(10-13)18(26)12-2-5-14(20)6-3-12/h2-10H,21H2,1H3,(H,22,23,24,25). The van der Waals surface area contributed by atoms with E-state index >= 15 is 0 Å². The summed E-state index contributed by atoms with van der Waals surface area (Å²) >= 11 is 5.87. The van der Waals surface area contributed by atoms with Crippen LogP contribution in [-0.2, 0) is 4.79 Å². The van der Waals surface area contributed by atoms with E-state index in [1.54, 1.807) is 48.5 Å². The number of nitrogens with one attached hydrogen (secondary N) is 1. The quantitative estimate of drug-likeness (QED) is 0.543. The highest BCUT2D eigenvalue weighted by Gasteiger charge is 2.14. The second-order valence-corrected chi connectivity index (χ2v) is 6.02. The van der Waals surface area contributed by atoms with Crippen molar-refractivity contribution >= 4 is 34.9 Å². The molecule has 7 heteroatoms. The number of anilines is 2. The maximum atomic E-state index is 12.8. The van der Waals surface area contributed by atoms with E-state index in [1.807, 2.05) is 0 Å². The minimum absolute atomic E-state index is 0.192. The molecule has 2 aromatic carbocycles. The van der Waals surface area contributed by atoms with Gasteiger partial charge in [-0.25, -0.2) is 9.97 Å². The second kappa shape index (κ2) is 7.33. The van der Waals surface area contributed by atoms with Gasteiger partial charge in [0.15, 0.2) is 5.78 Å². The van der Waals surface area contributed by atoms with Gasteiger partial charge in [0, 0.05) is 40.5 Å². The summed E-state index contributed by atoms with van der Waals surface area (Å²) in [5.74, 6) is -0.285. The van der Waals surface area contributed by atoms with E-state index < -0.39 is 0 Å². The smallest absolute Gasteiger partial charge is 0.229 e. The number of nitrogen functional groups attached to an aromatic ring is 1. The number of ketones is 1. The van der Waals surface area contributed by atoms with Gasteiger partial charge < -0.3 is 5.73 Å². The molecule has 1 amide bonds. The molecular formula is C19H15ClN4O2. The molecule has 0 atom stereocenters. The average molecular weight is 367 g/mol. The molecule has 1 heterocycles. The third-order valence-corrected chi connectivity index (χ3v) is 3.90. The largest absolute Gasteiger partial charge is 0.398 e. The normalized spacial score (nSPS) is 10.4. The lowest BCUT2D eigenvalue weighted by Crippen LogP contribution is -2.09. The van der Waals surface area contributed by atoms with Gasteiger partial charge in [-0.2, -0.15) is 0 Å². The minimum atomic E-state index is -0.266. The Morgan fingerprint density at radius 2 is 1.81 bits per heavy atom. The summed E-state index contributed by atoms with van der Waals surface area (Å²) in [7, 11) is 0. The monoisotopic (exact) mass is 366 g/mol. The van der Waals surface area contributed by atoms with E-state index in [2.05, 4.69) is 15.3 Å². The van der Waals surface area contributed by atoms with Crippen molar-refractivity contribution in [3.8, 4) is 11.3 Å². The van der Waals surface area contributed by atoms with E-state index in [4.69, 9.17) is 17.3 Å². The number of amides is 1. The number of hydrogen-bond donors (Lipinski definition) is 2. The molecule has 0 aliphatic rings. The maximum Gasteiger partial charge on any atom is 0.229 e. The van der Waals surface area contributed by atoms with Crippen LogP contribution in [0.1, 0.15) is 22.8 Å². The van der Waals surface area contributed by atoms with Crippen LogP contribution < -0.4 is 11.1 Å². The zero-order chi connectivity index (χ0) is 18.7. The van der Waals surface area contributed by atoms with Gasteiger partial charge in [-0.3, -0.25) is 14.9 Å². The van der Waals surface area contributed by atoms with Crippen molar-refractivity contribution in [3.05, 3.63) is 70.9 Å². The van der Waals surface area contributed by atoms with Crippen LogP contribution in [0.4, 0.5) is 11.6 Å². The van der Waals surface area contributed by atoms with Crippen molar-refractivity contribution in [2.75, 3.05) is 11.1 Å². The topological polar surface area (TPSA) is 98.0 Å². The van der Waals surface area contributed by atoms with E-state index in [-0.39, 0.29) is 17.6 Å². The molecule has 1 aromatic heterocycles. The Bertz CT molecular complexity index is 987. The number of halogens is 1. The van der Waals surface area contributed by atoms with E-state index in [0.29, 0.717) is 33.1 Å². The Morgan fingerprint density at radius 1 is 1.08 bits per heavy atom. The number of carbonyl (C=O) groups excluding carboxylic acids is 2. The molecule has 0 bridgehead atoms. The zero-order valence-corrected chi connectivity index (χ0v) is 14.6. The Labute approximate surface area is 155 Å². The number of benzene rings is 2. The van der Waals surface area contributed by atoms with Gasteiger partial charge in [-0.1, -0.05) is 17.7 Å². The highest BCUT2D eigenvalue weighted by atomic mass is 35.5. The fourth-order valence-corrected chi connectivity index (χ4v) is 2.53. The number of carbonyl (C=O) groups is 2. The van der Waals surface area contributed by atoms with Gasteiger partial charge in [-0.05, 0) is 42.5 Å². The number of nitrogens with zero attached hydrogens (tertiary/aromatic N) is 2. The molecule has 0 fully saturated rings. The molecule has 0 spiro atoms. The van der Waals surface area contributed by atoms with Gasteiger partial charge in [-0.15, -0.1) is 0 Å².